The zero-order chi connectivity index (χ0) is 17.4. The van der Waals surface area contributed by atoms with Gasteiger partial charge in [-0.2, -0.15) is 0 Å². The number of carbonyl (C=O) groups excluding carboxylic acids is 2. The number of ether oxygens (including phenoxy) is 1. The highest BCUT2D eigenvalue weighted by atomic mass is 35.5. The van der Waals surface area contributed by atoms with Crippen molar-refractivity contribution in [3.8, 4) is 0 Å². The second kappa shape index (κ2) is 6.69. The number of esters is 1. The van der Waals surface area contributed by atoms with Crippen LogP contribution >= 0.6 is 23.2 Å². The van der Waals surface area contributed by atoms with Crippen LogP contribution < -0.4 is 0 Å². The second-order valence-corrected chi connectivity index (χ2v) is 6.88. The SMILES string of the molecule is COC(=O)C1C(C)=NC2=C(C(=O)CCC2)[C@H]1c1ccc(Cl)cc1Cl. The van der Waals surface area contributed by atoms with Crippen molar-refractivity contribution in [3.63, 3.8) is 0 Å². The number of allylic oxidation sites excluding steroid dienone is 2. The molecule has 3 rings (SSSR count). The van der Waals surface area contributed by atoms with Crippen molar-refractivity contribution in [2.24, 2.45) is 10.9 Å². The Labute approximate surface area is 150 Å². The zero-order valence-electron chi connectivity index (χ0n) is 13.4. The fraction of sp³-hybridized carbons (Fsp3) is 0.389. The number of nitrogens with zero attached hydrogens (tertiary/aromatic N) is 1. The summed E-state index contributed by atoms with van der Waals surface area (Å²) in [5.41, 5.74) is 2.70. The third-order valence-corrected chi connectivity index (χ3v) is 5.15. The van der Waals surface area contributed by atoms with Crippen LogP contribution in [0.25, 0.3) is 0 Å². The minimum atomic E-state index is -0.658. The van der Waals surface area contributed by atoms with Gasteiger partial charge in [-0.25, -0.2) is 0 Å². The first-order valence-corrected chi connectivity index (χ1v) is 8.53. The van der Waals surface area contributed by atoms with Crippen molar-refractivity contribution in [1.29, 1.82) is 0 Å². The minimum Gasteiger partial charge on any atom is -0.468 e. The number of hydrogen-bond donors (Lipinski definition) is 0. The van der Waals surface area contributed by atoms with Crippen molar-refractivity contribution < 1.29 is 14.3 Å². The normalized spacial score (nSPS) is 23.7. The number of carbonyl (C=O) groups is 2. The third kappa shape index (κ3) is 2.89. The Hall–Kier alpha value is -1.65. The number of hydrogen-bond acceptors (Lipinski definition) is 4. The summed E-state index contributed by atoms with van der Waals surface area (Å²) in [4.78, 5) is 29.6. The van der Waals surface area contributed by atoms with E-state index in [-0.39, 0.29) is 5.78 Å². The highest BCUT2D eigenvalue weighted by Gasteiger charge is 2.43. The van der Waals surface area contributed by atoms with Crippen LogP contribution in [0.5, 0.6) is 0 Å². The van der Waals surface area contributed by atoms with Crippen molar-refractivity contribution in [3.05, 3.63) is 45.1 Å². The topological polar surface area (TPSA) is 55.7 Å². The van der Waals surface area contributed by atoms with Gasteiger partial charge in [0.15, 0.2) is 5.78 Å². The van der Waals surface area contributed by atoms with Gasteiger partial charge < -0.3 is 4.74 Å². The molecule has 4 nitrogen and oxygen atoms in total. The van der Waals surface area contributed by atoms with Crippen LogP contribution in [-0.2, 0) is 14.3 Å². The first-order chi connectivity index (χ1) is 11.4. The summed E-state index contributed by atoms with van der Waals surface area (Å²) in [6.45, 7) is 1.79. The maximum atomic E-state index is 12.6. The van der Waals surface area contributed by atoms with Gasteiger partial charge in [0.1, 0.15) is 5.92 Å². The Bertz CT molecular complexity index is 782. The maximum absolute atomic E-state index is 12.6. The Balaban J connectivity index is 2.22. The Morgan fingerprint density at radius 1 is 1.29 bits per heavy atom. The van der Waals surface area contributed by atoms with Crippen molar-refractivity contribution in [2.45, 2.75) is 32.1 Å². The number of ketones is 1. The molecule has 0 fully saturated rings. The molecule has 0 radical (unpaired) electrons. The number of methoxy groups -OCH3 is 1. The van der Waals surface area contributed by atoms with Gasteiger partial charge in [-0.1, -0.05) is 29.3 Å². The molecule has 0 saturated carbocycles. The lowest BCUT2D eigenvalue weighted by Gasteiger charge is -2.34. The lowest BCUT2D eigenvalue weighted by atomic mass is 9.72. The Morgan fingerprint density at radius 2 is 2.04 bits per heavy atom. The summed E-state index contributed by atoms with van der Waals surface area (Å²) in [5.74, 6) is -1.54. The Kier molecular flexibility index (Phi) is 4.79. The van der Waals surface area contributed by atoms with Gasteiger partial charge in [0.05, 0.1) is 7.11 Å². The molecule has 0 N–H and O–H groups in total. The molecule has 1 aromatic rings. The molecule has 1 aliphatic carbocycles. The molecule has 0 saturated heterocycles. The van der Waals surface area contributed by atoms with E-state index in [9.17, 15) is 9.59 Å². The van der Waals surface area contributed by atoms with Gasteiger partial charge in [0.25, 0.3) is 0 Å². The van der Waals surface area contributed by atoms with Crippen molar-refractivity contribution >= 4 is 40.7 Å². The first-order valence-electron chi connectivity index (χ1n) is 7.78. The van der Waals surface area contributed by atoms with E-state index < -0.39 is 17.8 Å². The van der Waals surface area contributed by atoms with Gasteiger partial charge in [-0.15, -0.1) is 0 Å². The van der Waals surface area contributed by atoms with Gasteiger partial charge in [-0.3, -0.25) is 14.6 Å². The molecular weight excluding hydrogens is 349 g/mol. The monoisotopic (exact) mass is 365 g/mol. The predicted octanol–water partition coefficient (Wildman–Crippen LogP) is 4.35. The first kappa shape index (κ1) is 17.2. The molecule has 1 aromatic carbocycles. The summed E-state index contributed by atoms with van der Waals surface area (Å²) in [6.07, 6.45) is 1.97. The van der Waals surface area contributed by atoms with E-state index in [4.69, 9.17) is 27.9 Å². The largest absolute Gasteiger partial charge is 0.468 e. The molecule has 2 aliphatic rings. The second-order valence-electron chi connectivity index (χ2n) is 6.03. The number of Topliss-reactive ketones (excluding diaryl/α,β-unsaturated/α-hetero) is 1. The third-order valence-electron chi connectivity index (χ3n) is 4.59. The van der Waals surface area contributed by atoms with Crippen LogP contribution in [0.1, 0.15) is 37.7 Å². The molecule has 1 heterocycles. The van der Waals surface area contributed by atoms with Crippen LogP contribution in [0, 0.1) is 5.92 Å². The molecule has 126 valence electrons. The molecular formula is C18H17Cl2NO3. The quantitative estimate of drug-likeness (QED) is 0.732. The number of aliphatic imine (C=N–C) groups is 1. The average Bonchev–Trinajstić information content (AvgIpc) is 2.53. The van der Waals surface area contributed by atoms with Gasteiger partial charge >= 0.3 is 5.97 Å². The lowest BCUT2D eigenvalue weighted by molar-refractivity contribution is -0.143. The van der Waals surface area contributed by atoms with E-state index in [1.54, 1.807) is 25.1 Å². The molecule has 0 bridgehead atoms. The standard InChI is InChI=1S/C18H17Cl2NO3/c1-9-15(18(23)24-2)16(11-7-6-10(19)8-12(11)20)17-13(21-9)4-3-5-14(17)22/h6-8,15-16H,3-5H2,1-2H3/t15?,16-/m0/s1. The van der Waals surface area contributed by atoms with Crippen LogP contribution in [0.3, 0.4) is 0 Å². The summed E-state index contributed by atoms with van der Waals surface area (Å²) in [5, 5.41) is 0.935. The highest BCUT2D eigenvalue weighted by Crippen LogP contribution is 2.45. The molecule has 2 atom stereocenters. The van der Waals surface area contributed by atoms with Crippen LogP contribution in [-0.4, -0.2) is 24.6 Å². The number of halogens is 2. The van der Waals surface area contributed by atoms with E-state index in [0.29, 0.717) is 33.3 Å². The number of benzene rings is 1. The van der Waals surface area contributed by atoms with Gasteiger partial charge in [-0.05, 0) is 37.5 Å². The lowest BCUT2D eigenvalue weighted by Crippen LogP contribution is -2.37. The fourth-order valence-electron chi connectivity index (χ4n) is 3.53. The van der Waals surface area contributed by atoms with Crippen LogP contribution in [0.15, 0.2) is 34.5 Å². The van der Waals surface area contributed by atoms with E-state index in [2.05, 4.69) is 4.99 Å². The van der Waals surface area contributed by atoms with E-state index in [1.165, 1.54) is 7.11 Å². The molecule has 0 aromatic heterocycles. The molecule has 1 unspecified atom stereocenters. The molecule has 0 spiro atoms. The molecule has 24 heavy (non-hydrogen) atoms. The van der Waals surface area contributed by atoms with Crippen molar-refractivity contribution in [2.75, 3.05) is 7.11 Å². The fourth-order valence-corrected chi connectivity index (χ4v) is 4.05. The summed E-state index contributed by atoms with van der Waals surface area (Å²) in [6, 6.07) is 5.11. The van der Waals surface area contributed by atoms with Crippen LogP contribution in [0.4, 0.5) is 0 Å². The molecule has 0 amide bonds. The minimum absolute atomic E-state index is 0.0254. The average molecular weight is 366 g/mol. The number of rotatable bonds is 2. The van der Waals surface area contributed by atoms with Gasteiger partial charge in [0, 0.05) is 39.4 Å². The van der Waals surface area contributed by atoms with E-state index >= 15 is 0 Å². The summed E-state index contributed by atoms with van der Waals surface area (Å²) < 4.78 is 4.97. The maximum Gasteiger partial charge on any atom is 0.315 e. The van der Waals surface area contributed by atoms with E-state index in [0.717, 1.165) is 18.5 Å². The zero-order valence-corrected chi connectivity index (χ0v) is 14.9. The van der Waals surface area contributed by atoms with Crippen LogP contribution in [0.2, 0.25) is 10.0 Å². The molecule has 6 heteroatoms. The molecule has 1 aliphatic heterocycles. The smallest absolute Gasteiger partial charge is 0.315 e. The predicted molar refractivity (Wildman–Crippen MR) is 93.7 cm³/mol. The Morgan fingerprint density at radius 3 is 2.71 bits per heavy atom. The van der Waals surface area contributed by atoms with Crippen molar-refractivity contribution in [1.82, 2.24) is 0 Å². The van der Waals surface area contributed by atoms with E-state index in [1.807, 2.05) is 0 Å². The summed E-state index contributed by atoms with van der Waals surface area (Å²) >= 11 is 12.4. The summed E-state index contributed by atoms with van der Waals surface area (Å²) in [7, 11) is 1.34. The highest BCUT2D eigenvalue weighted by molar-refractivity contribution is 6.35. The van der Waals surface area contributed by atoms with Gasteiger partial charge in [0.2, 0.25) is 0 Å².